The predicted octanol–water partition coefficient (Wildman–Crippen LogP) is -0.626. The zero-order chi connectivity index (χ0) is 3.58. The standard InChI is InChI=1S/C3H7O.Al/c1-3(2)4;/h3H,1-2H3;/q-1;. The van der Waals surface area contributed by atoms with Gasteiger partial charge in [0.25, 0.3) is 0 Å². The summed E-state index contributed by atoms with van der Waals surface area (Å²) in [7, 11) is 0. The molecule has 0 saturated carbocycles. The Balaban J connectivity index is 0. The lowest BCUT2D eigenvalue weighted by Gasteiger charge is -2.02. The first-order valence-corrected chi connectivity index (χ1v) is 1.39. The van der Waals surface area contributed by atoms with Gasteiger partial charge in [-0.15, -0.1) is 6.10 Å². The Morgan fingerprint density at radius 3 is 1.40 bits per heavy atom. The molecule has 5 heavy (non-hydrogen) atoms. The summed E-state index contributed by atoms with van der Waals surface area (Å²) >= 11 is 0. The van der Waals surface area contributed by atoms with E-state index in [0.29, 0.717) is 0 Å². The molecule has 0 aliphatic heterocycles. The first kappa shape index (κ1) is 9.09. The third kappa shape index (κ3) is 115. The van der Waals surface area contributed by atoms with Crippen LogP contribution in [0, 0.1) is 0 Å². The van der Waals surface area contributed by atoms with E-state index < -0.39 is 6.10 Å². The van der Waals surface area contributed by atoms with Gasteiger partial charge in [0.15, 0.2) is 0 Å². The van der Waals surface area contributed by atoms with Crippen LogP contribution < -0.4 is 5.11 Å². The lowest BCUT2D eigenvalue weighted by molar-refractivity contribution is -0.407. The van der Waals surface area contributed by atoms with Gasteiger partial charge < -0.3 is 5.11 Å². The SMILES string of the molecule is CC(C)[O-].[Al]. The molecule has 0 unspecified atom stereocenters. The van der Waals surface area contributed by atoms with Crippen LogP contribution in [0.25, 0.3) is 0 Å². The number of hydrogen-bond donors (Lipinski definition) is 0. The van der Waals surface area contributed by atoms with E-state index in [1.54, 1.807) is 13.8 Å². The van der Waals surface area contributed by atoms with Crippen LogP contribution in [-0.4, -0.2) is 23.5 Å². The van der Waals surface area contributed by atoms with Crippen LogP contribution in [0.5, 0.6) is 0 Å². The van der Waals surface area contributed by atoms with Crippen LogP contribution in [-0.2, 0) is 0 Å². The topological polar surface area (TPSA) is 23.1 Å². The first-order chi connectivity index (χ1) is 1.73. The fourth-order valence-electron chi connectivity index (χ4n) is 0. The average molecular weight is 86.1 g/mol. The van der Waals surface area contributed by atoms with Crippen molar-refractivity contribution in [3.63, 3.8) is 0 Å². The van der Waals surface area contributed by atoms with Gasteiger partial charge in [-0.2, -0.15) is 0 Å². The van der Waals surface area contributed by atoms with E-state index in [9.17, 15) is 5.11 Å². The van der Waals surface area contributed by atoms with Crippen molar-refractivity contribution in [2.24, 2.45) is 0 Å². The minimum atomic E-state index is -0.417. The molecule has 0 N–H and O–H groups in total. The second kappa shape index (κ2) is 4.49. The summed E-state index contributed by atoms with van der Waals surface area (Å²) < 4.78 is 0. The fraction of sp³-hybridized carbons (Fsp3) is 1.00. The second-order valence-corrected chi connectivity index (χ2v) is 1.05. The van der Waals surface area contributed by atoms with Crippen molar-refractivity contribution in [1.82, 2.24) is 0 Å². The largest absolute Gasteiger partial charge is 0.852 e. The minimum Gasteiger partial charge on any atom is -0.852 e. The zero-order valence-corrected chi connectivity index (χ0v) is 4.72. The number of rotatable bonds is 0. The smallest absolute Gasteiger partial charge is 0 e. The van der Waals surface area contributed by atoms with Gasteiger partial charge in [-0.25, -0.2) is 0 Å². The highest BCUT2D eigenvalue weighted by molar-refractivity contribution is 5.75. The maximum absolute atomic E-state index is 9.53. The van der Waals surface area contributed by atoms with E-state index in [1.807, 2.05) is 0 Å². The van der Waals surface area contributed by atoms with E-state index in [2.05, 4.69) is 0 Å². The van der Waals surface area contributed by atoms with Gasteiger partial charge in [-0.05, 0) is 0 Å². The Morgan fingerprint density at radius 2 is 1.40 bits per heavy atom. The molecule has 0 aromatic carbocycles. The molecule has 29 valence electrons. The summed E-state index contributed by atoms with van der Waals surface area (Å²) in [6.45, 7) is 3.22. The van der Waals surface area contributed by atoms with E-state index in [1.165, 1.54) is 0 Å². The Hall–Kier alpha value is 0.492. The van der Waals surface area contributed by atoms with Crippen molar-refractivity contribution < 1.29 is 5.11 Å². The van der Waals surface area contributed by atoms with Gasteiger partial charge >= 0.3 is 0 Å². The molecule has 0 aliphatic carbocycles. The molecule has 1 nitrogen and oxygen atoms in total. The van der Waals surface area contributed by atoms with E-state index in [-0.39, 0.29) is 17.4 Å². The summed E-state index contributed by atoms with van der Waals surface area (Å²) in [4.78, 5) is 0. The van der Waals surface area contributed by atoms with E-state index >= 15 is 0 Å². The third-order valence-corrected chi connectivity index (χ3v) is 0. The van der Waals surface area contributed by atoms with Gasteiger partial charge in [0.2, 0.25) is 0 Å². The Morgan fingerprint density at radius 1 is 1.40 bits per heavy atom. The average Bonchev–Trinajstić information content (AvgIpc) is 0.811. The first-order valence-electron chi connectivity index (χ1n) is 1.39. The molecular weight excluding hydrogens is 79.0 g/mol. The van der Waals surface area contributed by atoms with E-state index in [0.717, 1.165) is 0 Å². The van der Waals surface area contributed by atoms with Crippen molar-refractivity contribution >= 4 is 17.4 Å². The van der Waals surface area contributed by atoms with Crippen LogP contribution in [0.2, 0.25) is 0 Å². The van der Waals surface area contributed by atoms with Crippen LogP contribution in [0.3, 0.4) is 0 Å². The summed E-state index contributed by atoms with van der Waals surface area (Å²) in [6.07, 6.45) is -0.417. The van der Waals surface area contributed by atoms with Crippen LogP contribution in [0.4, 0.5) is 0 Å². The Kier molecular flexibility index (Phi) is 8.17. The monoisotopic (exact) mass is 86.0 g/mol. The molecule has 0 aromatic rings. The lowest BCUT2D eigenvalue weighted by atomic mass is 10.5. The zero-order valence-electron chi connectivity index (χ0n) is 3.56. The molecule has 0 saturated heterocycles. The highest BCUT2D eigenvalue weighted by Crippen LogP contribution is 1.57. The van der Waals surface area contributed by atoms with Crippen LogP contribution in [0.15, 0.2) is 0 Å². The Bertz CT molecular complexity index is 11.6. The van der Waals surface area contributed by atoms with Gasteiger partial charge in [-0.3, -0.25) is 0 Å². The molecule has 2 heteroatoms. The van der Waals surface area contributed by atoms with Crippen molar-refractivity contribution in [2.75, 3.05) is 0 Å². The third-order valence-electron chi connectivity index (χ3n) is 0. The summed E-state index contributed by atoms with van der Waals surface area (Å²) in [5, 5.41) is 9.53. The molecular formula is C3H7AlO-. The van der Waals surface area contributed by atoms with Crippen LogP contribution >= 0.6 is 0 Å². The molecule has 0 atom stereocenters. The van der Waals surface area contributed by atoms with Crippen molar-refractivity contribution in [3.05, 3.63) is 0 Å². The Labute approximate surface area is 43.1 Å². The molecule has 0 aromatic heterocycles. The molecule has 0 bridgehead atoms. The van der Waals surface area contributed by atoms with Gasteiger partial charge in [0, 0.05) is 17.4 Å². The summed E-state index contributed by atoms with van der Waals surface area (Å²) in [5.74, 6) is 0. The van der Waals surface area contributed by atoms with Gasteiger partial charge in [-0.1, -0.05) is 13.8 Å². The predicted molar refractivity (Wildman–Crippen MR) is 20.9 cm³/mol. The second-order valence-electron chi connectivity index (χ2n) is 1.05. The highest BCUT2D eigenvalue weighted by atomic mass is 27.0. The van der Waals surface area contributed by atoms with Crippen molar-refractivity contribution in [2.45, 2.75) is 20.0 Å². The lowest BCUT2D eigenvalue weighted by Crippen LogP contribution is -2.14. The van der Waals surface area contributed by atoms with Crippen molar-refractivity contribution in [1.29, 1.82) is 0 Å². The molecule has 0 fully saturated rings. The molecule has 3 radical (unpaired) electrons. The molecule has 0 spiro atoms. The van der Waals surface area contributed by atoms with E-state index in [4.69, 9.17) is 0 Å². The molecule has 0 aliphatic rings. The molecule has 0 amide bonds. The normalized spacial score (nSPS) is 7.20. The number of hydrogen-bond acceptors (Lipinski definition) is 1. The molecule has 0 heterocycles. The summed E-state index contributed by atoms with van der Waals surface area (Å²) in [6, 6.07) is 0. The maximum atomic E-state index is 9.53. The minimum absolute atomic E-state index is 0. The van der Waals surface area contributed by atoms with Crippen molar-refractivity contribution in [3.8, 4) is 0 Å². The van der Waals surface area contributed by atoms with Gasteiger partial charge in [0.05, 0.1) is 0 Å². The van der Waals surface area contributed by atoms with Crippen LogP contribution in [0.1, 0.15) is 13.8 Å². The summed E-state index contributed by atoms with van der Waals surface area (Å²) in [5.41, 5.74) is 0. The maximum Gasteiger partial charge on any atom is 0 e. The molecule has 0 rings (SSSR count). The quantitative estimate of drug-likeness (QED) is 0.360. The fourth-order valence-corrected chi connectivity index (χ4v) is 0. The highest BCUT2D eigenvalue weighted by Gasteiger charge is 1.53. The van der Waals surface area contributed by atoms with Gasteiger partial charge in [0.1, 0.15) is 0 Å².